The Morgan fingerprint density at radius 2 is 2.00 bits per heavy atom. The molecule has 0 radical (unpaired) electrons. The Hall–Kier alpha value is -2.37. The van der Waals surface area contributed by atoms with Gasteiger partial charge >= 0.3 is 12.5 Å². The Kier molecular flexibility index (Phi) is 4.78. The van der Waals surface area contributed by atoms with Gasteiger partial charge in [0, 0.05) is 0 Å². The summed E-state index contributed by atoms with van der Waals surface area (Å²) in [5.41, 5.74) is 0.473. The average Bonchev–Trinajstić information content (AvgIpc) is 3.19. The van der Waals surface area contributed by atoms with Gasteiger partial charge in [0.2, 0.25) is 10.0 Å². The van der Waals surface area contributed by atoms with Crippen molar-refractivity contribution in [1.82, 2.24) is 14.3 Å². The van der Waals surface area contributed by atoms with Crippen LogP contribution in [0, 0.1) is 0 Å². The van der Waals surface area contributed by atoms with Crippen LogP contribution in [0.5, 0.6) is 0 Å². The van der Waals surface area contributed by atoms with Crippen molar-refractivity contribution in [1.29, 1.82) is 0 Å². The Bertz CT molecular complexity index is 1080. The zero-order valence-electron chi connectivity index (χ0n) is 13.3. The van der Waals surface area contributed by atoms with Crippen molar-refractivity contribution in [2.24, 2.45) is 0 Å². The quantitative estimate of drug-likeness (QED) is 0.660. The number of alkyl halides is 2. The van der Waals surface area contributed by atoms with E-state index in [2.05, 4.69) is 9.71 Å². The normalized spacial score (nSPS) is 13.4. The van der Waals surface area contributed by atoms with E-state index >= 15 is 0 Å². The molecule has 11 heteroatoms. The minimum atomic E-state index is -4.24. The number of aromatic nitrogens is 2. The fraction of sp³-hybridized carbons (Fsp3) is 0.200. The van der Waals surface area contributed by atoms with Crippen molar-refractivity contribution in [3.05, 3.63) is 46.4 Å². The summed E-state index contributed by atoms with van der Waals surface area (Å²) in [6, 6.07) is 6.25. The topological polar surface area (TPSA) is 101 Å². The summed E-state index contributed by atoms with van der Waals surface area (Å²) in [7, 11) is -4.24. The molecule has 0 saturated heterocycles. The SMILES string of the molecule is C[C@H](NS(=O)(=O)c1ccsc1C(=O)O)c1nc2ccccc2n1C(F)F. The molecule has 1 aromatic carbocycles. The molecule has 0 spiro atoms. The van der Waals surface area contributed by atoms with Gasteiger partial charge < -0.3 is 5.11 Å². The molecule has 0 fully saturated rings. The van der Waals surface area contributed by atoms with Gasteiger partial charge in [-0.15, -0.1) is 11.3 Å². The molecule has 0 aliphatic carbocycles. The summed E-state index contributed by atoms with van der Waals surface area (Å²) in [5, 5.41) is 10.4. The number of sulfonamides is 1. The summed E-state index contributed by atoms with van der Waals surface area (Å²) in [6.07, 6.45) is 0. The Morgan fingerprint density at radius 3 is 2.65 bits per heavy atom. The van der Waals surface area contributed by atoms with E-state index in [4.69, 9.17) is 5.11 Å². The van der Waals surface area contributed by atoms with Crippen LogP contribution in [0.25, 0.3) is 11.0 Å². The van der Waals surface area contributed by atoms with Crippen molar-refractivity contribution in [2.75, 3.05) is 0 Å². The number of aromatic carboxylic acids is 1. The fourth-order valence-electron chi connectivity index (χ4n) is 2.59. The molecule has 0 saturated carbocycles. The summed E-state index contributed by atoms with van der Waals surface area (Å²) in [6.45, 7) is -1.55. The van der Waals surface area contributed by atoms with Gasteiger partial charge in [0.05, 0.1) is 17.1 Å². The Morgan fingerprint density at radius 1 is 1.31 bits per heavy atom. The maximum atomic E-state index is 13.5. The minimum absolute atomic E-state index is 0.170. The lowest BCUT2D eigenvalue weighted by molar-refractivity contribution is 0.0694. The van der Waals surface area contributed by atoms with Gasteiger partial charge in [-0.25, -0.2) is 22.9 Å². The summed E-state index contributed by atoms with van der Waals surface area (Å²) < 4.78 is 54.9. The average molecular weight is 401 g/mol. The van der Waals surface area contributed by atoms with Crippen molar-refractivity contribution in [3.63, 3.8) is 0 Å². The number of halogens is 2. The molecule has 2 heterocycles. The number of carbonyl (C=O) groups is 1. The Labute approximate surface area is 151 Å². The molecule has 2 N–H and O–H groups in total. The van der Waals surface area contributed by atoms with Crippen LogP contribution in [0.4, 0.5) is 8.78 Å². The molecule has 0 amide bonds. The maximum absolute atomic E-state index is 13.5. The predicted molar refractivity (Wildman–Crippen MR) is 91.0 cm³/mol. The minimum Gasteiger partial charge on any atom is -0.477 e. The van der Waals surface area contributed by atoms with Crippen LogP contribution in [0.2, 0.25) is 0 Å². The lowest BCUT2D eigenvalue weighted by atomic mass is 10.3. The largest absolute Gasteiger partial charge is 0.477 e. The molecule has 3 rings (SSSR count). The number of para-hydroxylation sites is 2. The van der Waals surface area contributed by atoms with E-state index in [0.717, 1.165) is 17.4 Å². The van der Waals surface area contributed by atoms with E-state index in [1.807, 2.05) is 0 Å². The molecule has 3 aromatic rings. The van der Waals surface area contributed by atoms with E-state index in [-0.39, 0.29) is 16.2 Å². The number of thiophene rings is 1. The molecule has 7 nitrogen and oxygen atoms in total. The molecule has 0 aliphatic heterocycles. The van der Waals surface area contributed by atoms with Gasteiger partial charge in [0.1, 0.15) is 15.6 Å². The Balaban J connectivity index is 2.01. The number of carboxylic acid groups (broad SMARTS) is 1. The molecule has 26 heavy (non-hydrogen) atoms. The molecule has 0 unspecified atom stereocenters. The highest BCUT2D eigenvalue weighted by molar-refractivity contribution is 7.89. The maximum Gasteiger partial charge on any atom is 0.347 e. The third kappa shape index (κ3) is 3.20. The monoisotopic (exact) mass is 401 g/mol. The third-order valence-corrected chi connectivity index (χ3v) is 6.27. The molecule has 1 atom stereocenters. The van der Waals surface area contributed by atoms with Crippen LogP contribution in [0.15, 0.2) is 40.6 Å². The van der Waals surface area contributed by atoms with Crippen LogP contribution in [-0.4, -0.2) is 29.0 Å². The second-order valence-electron chi connectivity index (χ2n) is 5.37. The summed E-state index contributed by atoms with van der Waals surface area (Å²) in [4.78, 5) is 14.5. The van der Waals surface area contributed by atoms with E-state index in [9.17, 15) is 22.0 Å². The molecular weight excluding hydrogens is 388 g/mol. The highest BCUT2D eigenvalue weighted by atomic mass is 32.2. The first kappa shape index (κ1) is 18.4. The third-order valence-electron chi connectivity index (χ3n) is 3.65. The van der Waals surface area contributed by atoms with Crippen LogP contribution in [-0.2, 0) is 10.0 Å². The molecule has 138 valence electrons. The van der Waals surface area contributed by atoms with Gasteiger partial charge in [0.25, 0.3) is 0 Å². The van der Waals surface area contributed by atoms with Crippen LogP contribution in [0.3, 0.4) is 0 Å². The highest BCUT2D eigenvalue weighted by Gasteiger charge is 2.29. The van der Waals surface area contributed by atoms with Crippen molar-refractivity contribution in [2.45, 2.75) is 24.4 Å². The number of carboxylic acids is 1. The van der Waals surface area contributed by atoms with E-state index in [1.165, 1.54) is 18.4 Å². The van der Waals surface area contributed by atoms with Crippen LogP contribution in [0.1, 0.15) is 35.0 Å². The number of hydrogen-bond donors (Lipinski definition) is 2. The van der Waals surface area contributed by atoms with Gasteiger partial charge in [0.15, 0.2) is 0 Å². The van der Waals surface area contributed by atoms with Gasteiger partial charge in [-0.05, 0) is 30.5 Å². The van der Waals surface area contributed by atoms with Gasteiger partial charge in [-0.3, -0.25) is 4.57 Å². The van der Waals surface area contributed by atoms with Crippen molar-refractivity contribution >= 4 is 38.4 Å². The second-order valence-corrected chi connectivity index (χ2v) is 7.97. The van der Waals surface area contributed by atoms with Gasteiger partial charge in [-0.1, -0.05) is 12.1 Å². The van der Waals surface area contributed by atoms with Crippen molar-refractivity contribution in [3.8, 4) is 0 Å². The lowest BCUT2D eigenvalue weighted by Gasteiger charge is -2.16. The van der Waals surface area contributed by atoms with E-state index in [1.54, 1.807) is 18.2 Å². The van der Waals surface area contributed by atoms with Crippen LogP contribution >= 0.6 is 11.3 Å². The first-order chi connectivity index (χ1) is 12.2. The number of imidazole rings is 1. The van der Waals surface area contributed by atoms with Gasteiger partial charge in [-0.2, -0.15) is 8.78 Å². The molecule has 2 aromatic heterocycles. The number of benzene rings is 1. The number of hydrogen-bond acceptors (Lipinski definition) is 5. The standard InChI is InChI=1S/C15H13F2N3O4S2/c1-8(19-26(23,24)11-6-7-25-12(11)14(21)22)13-18-9-4-2-3-5-10(9)20(13)15(16)17/h2-8,15,19H,1H3,(H,21,22)/t8-/m0/s1. The lowest BCUT2D eigenvalue weighted by Crippen LogP contribution is -2.29. The van der Waals surface area contributed by atoms with Crippen molar-refractivity contribution < 1.29 is 27.1 Å². The smallest absolute Gasteiger partial charge is 0.347 e. The fourth-order valence-corrected chi connectivity index (χ4v) is 5.05. The molecule has 0 aliphatic rings. The van der Waals surface area contributed by atoms with E-state index < -0.39 is 33.5 Å². The zero-order chi connectivity index (χ0) is 19.1. The number of nitrogens with zero attached hydrogens (tertiary/aromatic N) is 2. The molecular formula is C15H13F2N3O4S2. The summed E-state index contributed by atoms with van der Waals surface area (Å²) in [5.74, 6) is -1.55. The van der Waals surface area contributed by atoms with Crippen LogP contribution < -0.4 is 4.72 Å². The number of fused-ring (bicyclic) bond motifs is 1. The second kappa shape index (κ2) is 6.74. The zero-order valence-corrected chi connectivity index (χ0v) is 14.9. The summed E-state index contributed by atoms with van der Waals surface area (Å²) >= 11 is 0.760. The van der Waals surface area contributed by atoms with E-state index in [0.29, 0.717) is 10.1 Å². The first-order valence-electron chi connectivity index (χ1n) is 7.30. The number of nitrogens with one attached hydrogen (secondary N) is 1. The first-order valence-corrected chi connectivity index (χ1v) is 9.67. The number of rotatable bonds is 6. The molecule has 0 bridgehead atoms. The highest BCUT2D eigenvalue weighted by Crippen LogP contribution is 2.28. The predicted octanol–water partition coefficient (Wildman–Crippen LogP) is 3.23.